The second-order valence-corrected chi connectivity index (χ2v) is 5.84. The summed E-state index contributed by atoms with van der Waals surface area (Å²) < 4.78 is 31.9. The molecule has 2 aromatic carbocycles. The first kappa shape index (κ1) is 18.3. The van der Waals surface area contributed by atoms with E-state index < -0.39 is 17.5 Å². The summed E-state index contributed by atoms with van der Waals surface area (Å²) in [4.78, 5) is 16.3. The van der Waals surface area contributed by atoms with E-state index in [1.54, 1.807) is 13.2 Å². The lowest BCUT2D eigenvalue weighted by Crippen LogP contribution is -2.14. The molecule has 0 fully saturated rings. The van der Waals surface area contributed by atoms with Gasteiger partial charge >= 0.3 is 0 Å². The Kier molecular flexibility index (Phi) is 5.30. The standard InChI is InChI=1S/C20H17F2N3O2/c1-12-3-8-19(27-2)18(9-12)24-14-5-7-17(23-11-14)20(26)25-16-6-4-13(21)10-15(16)22/h3-11,24H,1-2H3,(H,25,26). The second kappa shape index (κ2) is 7.82. The molecule has 0 saturated carbocycles. The number of rotatable bonds is 5. The third-order valence-corrected chi connectivity index (χ3v) is 3.81. The van der Waals surface area contributed by atoms with E-state index in [4.69, 9.17) is 4.74 Å². The van der Waals surface area contributed by atoms with Crippen LogP contribution >= 0.6 is 0 Å². The van der Waals surface area contributed by atoms with Gasteiger partial charge in [-0.1, -0.05) is 6.07 Å². The minimum Gasteiger partial charge on any atom is -0.495 e. The zero-order valence-corrected chi connectivity index (χ0v) is 14.7. The molecule has 2 N–H and O–H groups in total. The van der Waals surface area contributed by atoms with Crippen LogP contribution in [0.15, 0.2) is 54.7 Å². The van der Waals surface area contributed by atoms with Crippen molar-refractivity contribution in [1.29, 1.82) is 0 Å². The number of benzene rings is 2. The van der Waals surface area contributed by atoms with Gasteiger partial charge in [0.25, 0.3) is 5.91 Å². The molecule has 3 rings (SSSR count). The summed E-state index contributed by atoms with van der Waals surface area (Å²) in [6, 6.07) is 11.8. The Morgan fingerprint density at radius 1 is 1.04 bits per heavy atom. The number of hydrogen-bond donors (Lipinski definition) is 2. The number of halogens is 2. The van der Waals surface area contributed by atoms with Crippen molar-refractivity contribution in [3.05, 3.63) is 77.6 Å². The van der Waals surface area contributed by atoms with Crippen molar-refractivity contribution in [3.8, 4) is 5.75 Å². The highest BCUT2D eigenvalue weighted by atomic mass is 19.1. The van der Waals surface area contributed by atoms with Crippen LogP contribution in [0.3, 0.4) is 0 Å². The first-order valence-corrected chi connectivity index (χ1v) is 8.10. The maximum Gasteiger partial charge on any atom is 0.274 e. The van der Waals surface area contributed by atoms with Gasteiger partial charge in [0.05, 0.1) is 30.4 Å². The van der Waals surface area contributed by atoms with Crippen molar-refractivity contribution >= 4 is 23.0 Å². The zero-order valence-electron chi connectivity index (χ0n) is 14.7. The number of carbonyl (C=O) groups excluding carboxylic acids is 1. The molecule has 0 atom stereocenters. The van der Waals surface area contributed by atoms with E-state index in [2.05, 4.69) is 15.6 Å². The molecule has 0 aliphatic rings. The zero-order chi connectivity index (χ0) is 19.4. The fraction of sp³-hybridized carbons (Fsp3) is 0.100. The van der Waals surface area contributed by atoms with E-state index in [1.165, 1.54) is 12.3 Å². The second-order valence-electron chi connectivity index (χ2n) is 5.84. The predicted octanol–water partition coefficient (Wildman–Crippen LogP) is 4.67. The number of nitrogens with zero attached hydrogens (tertiary/aromatic N) is 1. The summed E-state index contributed by atoms with van der Waals surface area (Å²) in [7, 11) is 1.58. The van der Waals surface area contributed by atoms with Gasteiger partial charge in [0.1, 0.15) is 23.1 Å². The number of aryl methyl sites for hydroxylation is 1. The Morgan fingerprint density at radius 2 is 1.85 bits per heavy atom. The van der Waals surface area contributed by atoms with Crippen LogP contribution in [0.5, 0.6) is 5.75 Å². The van der Waals surface area contributed by atoms with E-state index in [0.717, 1.165) is 23.4 Å². The van der Waals surface area contributed by atoms with Crippen molar-refractivity contribution in [1.82, 2.24) is 4.98 Å². The highest BCUT2D eigenvalue weighted by molar-refractivity contribution is 6.03. The van der Waals surface area contributed by atoms with Gasteiger partial charge in [0.2, 0.25) is 0 Å². The molecule has 1 amide bonds. The fourth-order valence-corrected chi connectivity index (χ4v) is 2.45. The lowest BCUT2D eigenvalue weighted by Gasteiger charge is -2.12. The number of anilines is 3. The SMILES string of the molecule is COc1ccc(C)cc1Nc1ccc(C(=O)Nc2ccc(F)cc2F)nc1. The van der Waals surface area contributed by atoms with E-state index in [0.29, 0.717) is 17.5 Å². The number of amides is 1. The Morgan fingerprint density at radius 3 is 2.52 bits per heavy atom. The maximum absolute atomic E-state index is 13.6. The molecule has 1 heterocycles. The van der Waals surface area contributed by atoms with E-state index >= 15 is 0 Å². The van der Waals surface area contributed by atoms with Crippen LogP contribution in [-0.4, -0.2) is 18.0 Å². The van der Waals surface area contributed by atoms with Crippen molar-refractivity contribution in [2.75, 3.05) is 17.7 Å². The third kappa shape index (κ3) is 4.38. The lowest BCUT2D eigenvalue weighted by atomic mass is 10.2. The summed E-state index contributed by atoms with van der Waals surface area (Å²) in [5.41, 5.74) is 2.47. The molecule has 0 radical (unpaired) electrons. The van der Waals surface area contributed by atoms with Crippen LogP contribution < -0.4 is 15.4 Å². The molecule has 0 saturated heterocycles. The summed E-state index contributed by atoms with van der Waals surface area (Å²) in [6.45, 7) is 1.96. The number of nitrogens with one attached hydrogen (secondary N) is 2. The fourth-order valence-electron chi connectivity index (χ4n) is 2.45. The molecule has 0 unspecified atom stereocenters. The van der Waals surface area contributed by atoms with E-state index in [-0.39, 0.29) is 11.4 Å². The molecule has 0 aliphatic heterocycles. The molecule has 5 nitrogen and oxygen atoms in total. The largest absolute Gasteiger partial charge is 0.495 e. The van der Waals surface area contributed by atoms with Crippen LogP contribution in [0.2, 0.25) is 0 Å². The molecule has 0 spiro atoms. The monoisotopic (exact) mass is 369 g/mol. The van der Waals surface area contributed by atoms with E-state index in [1.807, 2.05) is 25.1 Å². The van der Waals surface area contributed by atoms with Crippen LogP contribution in [0.25, 0.3) is 0 Å². The Hall–Kier alpha value is -3.48. The van der Waals surface area contributed by atoms with Crippen molar-refractivity contribution in [3.63, 3.8) is 0 Å². The van der Waals surface area contributed by atoms with Gasteiger partial charge in [-0.05, 0) is 48.9 Å². The molecule has 7 heteroatoms. The van der Waals surface area contributed by atoms with Crippen LogP contribution in [0.1, 0.15) is 16.1 Å². The highest BCUT2D eigenvalue weighted by Crippen LogP contribution is 2.28. The molecule has 1 aromatic heterocycles. The summed E-state index contributed by atoms with van der Waals surface area (Å²) in [5.74, 6) is -1.49. The molecule has 138 valence electrons. The number of aromatic nitrogens is 1. The van der Waals surface area contributed by atoms with Crippen molar-refractivity contribution in [2.45, 2.75) is 6.92 Å². The van der Waals surface area contributed by atoms with Gasteiger partial charge in [-0.3, -0.25) is 4.79 Å². The van der Waals surface area contributed by atoms with Crippen molar-refractivity contribution < 1.29 is 18.3 Å². The summed E-state index contributed by atoms with van der Waals surface area (Å²) >= 11 is 0. The average molecular weight is 369 g/mol. The minimum atomic E-state index is -0.854. The quantitative estimate of drug-likeness (QED) is 0.686. The predicted molar refractivity (Wildman–Crippen MR) is 99.6 cm³/mol. The smallest absolute Gasteiger partial charge is 0.274 e. The van der Waals surface area contributed by atoms with Gasteiger partial charge < -0.3 is 15.4 Å². The normalized spacial score (nSPS) is 10.4. The van der Waals surface area contributed by atoms with Crippen LogP contribution in [0, 0.1) is 18.6 Å². The number of carbonyl (C=O) groups is 1. The molecule has 0 aliphatic carbocycles. The van der Waals surface area contributed by atoms with Crippen molar-refractivity contribution in [2.24, 2.45) is 0 Å². The maximum atomic E-state index is 13.6. The minimum absolute atomic E-state index is 0.0977. The van der Waals surface area contributed by atoms with Gasteiger partial charge in [0.15, 0.2) is 0 Å². The molecule has 3 aromatic rings. The Balaban J connectivity index is 1.73. The topological polar surface area (TPSA) is 63.2 Å². The molecular weight excluding hydrogens is 352 g/mol. The van der Waals surface area contributed by atoms with E-state index in [9.17, 15) is 13.6 Å². The number of methoxy groups -OCH3 is 1. The number of pyridine rings is 1. The summed E-state index contributed by atoms with van der Waals surface area (Å²) in [5, 5.41) is 5.54. The van der Waals surface area contributed by atoms with Gasteiger partial charge in [-0.15, -0.1) is 0 Å². The number of hydrogen-bond acceptors (Lipinski definition) is 4. The van der Waals surface area contributed by atoms with Crippen LogP contribution in [-0.2, 0) is 0 Å². The molecular formula is C20H17F2N3O2. The molecule has 0 bridgehead atoms. The Bertz CT molecular complexity index is 975. The first-order valence-electron chi connectivity index (χ1n) is 8.10. The highest BCUT2D eigenvalue weighted by Gasteiger charge is 2.12. The lowest BCUT2D eigenvalue weighted by molar-refractivity contribution is 0.102. The van der Waals surface area contributed by atoms with Gasteiger partial charge in [-0.25, -0.2) is 13.8 Å². The third-order valence-electron chi connectivity index (χ3n) is 3.81. The first-order chi connectivity index (χ1) is 13.0. The number of ether oxygens (including phenoxy) is 1. The van der Waals surface area contributed by atoms with Gasteiger partial charge in [0, 0.05) is 6.07 Å². The summed E-state index contributed by atoms with van der Waals surface area (Å²) in [6.07, 6.45) is 1.48. The average Bonchev–Trinajstić information content (AvgIpc) is 2.65. The van der Waals surface area contributed by atoms with Crippen LogP contribution in [0.4, 0.5) is 25.8 Å². The van der Waals surface area contributed by atoms with Gasteiger partial charge in [-0.2, -0.15) is 0 Å². The Labute approximate surface area is 155 Å². The molecule has 27 heavy (non-hydrogen) atoms.